The van der Waals surface area contributed by atoms with Crippen LogP contribution in [0.4, 0.5) is 9.59 Å². The third kappa shape index (κ3) is 13.5. The molecular weight excluding hydrogens is 414 g/mol. The lowest BCUT2D eigenvalue weighted by Crippen LogP contribution is -2.51. The molecule has 9 nitrogen and oxygen atoms in total. The molecule has 1 aromatic rings. The maximum Gasteiger partial charge on any atom is 0.408 e. The number of carbonyl (C=O) groups is 3. The van der Waals surface area contributed by atoms with Gasteiger partial charge in [-0.05, 0) is 53.5 Å². The first-order chi connectivity index (χ1) is 14.9. The number of nitrogens with one attached hydrogen (secondary N) is 3. The largest absolute Gasteiger partial charge is 0.445 e. The van der Waals surface area contributed by atoms with E-state index in [-0.39, 0.29) is 13.2 Å². The molecule has 9 heteroatoms. The van der Waals surface area contributed by atoms with Crippen molar-refractivity contribution in [1.82, 2.24) is 16.0 Å². The molecule has 1 atom stereocenters. The molecule has 0 saturated heterocycles. The van der Waals surface area contributed by atoms with Crippen molar-refractivity contribution in [2.24, 2.45) is 0 Å². The van der Waals surface area contributed by atoms with Gasteiger partial charge in [-0.15, -0.1) is 0 Å². The Balaban J connectivity index is 2.38. The molecule has 0 radical (unpaired) electrons. The van der Waals surface area contributed by atoms with Gasteiger partial charge in [-0.2, -0.15) is 0 Å². The molecule has 0 bridgehead atoms. The highest BCUT2D eigenvalue weighted by molar-refractivity contribution is 5.85. The summed E-state index contributed by atoms with van der Waals surface area (Å²) in [4.78, 5) is 36.4. The fourth-order valence-corrected chi connectivity index (χ4v) is 2.35. The molecule has 0 spiro atoms. The first-order valence-electron chi connectivity index (χ1n) is 10.7. The van der Waals surface area contributed by atoms with Crippen LogP contribution in [-0.4, -0.2) is 55.0 Å². The van der Waals surface area contributed by atoms with E-state index in [4.69, 9.17) is 14.2 Å². The van der Waals surface area contributed by atoms with E-state index < -0.39 is 35.3 Å². The van der Waals surface area contributed by atoms with Crippen LogP contribution in [0.3, 0.4) is 0 Å². The molecule has 3 amide bonds. The molecule has 3 N–H and O–H groups in total. The standard InChI is InChI=1S/C23H37N3O6/c1-22(2,3)31-16-18(26-21(29)32-23(4,5)6)19(27)24-13-10-14-25-20(28)30-15-17-11-8-7-9-12-17/h7-9,11-12,18H,10,13-16H2,1-6H3,(H,24,27)(H,25,28)(H,26,29). The third-order valence-corrected chi connectivity index (χ3v) is 3.83. The van der Waals surface area contributed by atoms with Crippen molar-refractivity contribution in [2.45, 2.75) is 71.8 Å². The molecule has 1 rings (SSSR count). The molecule has 0 aliphatic rings. The van der Waals surface area contributed by atoms with Crippen LogP contribution < -0.4 is 16.0 Å². The summed E-state index contributed by atoms with van der Waals surface area (Å²) in [5.74, 6) is -0.397. The molecule has 0 aliphatic carbocycles. The minimum Gasteiger partial charge on any atom is -0.445 e. The molecule has 0 aliphatic heterocycles. The quantitative estimate of drug-likeness (QED) is 0.471. The molecule has 1 unspecified atom stereocenters. The van der Waals surface area contributed by atoms with Gasteiger partial charge >= 0.3 is 12.2 Å². The van der Waals surface area contributed by atoms with Gasteiger partial charge in [-0.25, -0.2) is 9.59 Å². The van der Waals surface area contributed by atoms with Gasteiger partial charge < -0.3 is 30.2 Å². The van der Waals surface area contributed by atoms with Crippen LogP contribution in [0.15, 0.2) is 30.3 Å². The van der Waals surface area contributed by atoms with E-state index >= 15 is 0 Å². The van der Waals surface area contributed by atoms with Crippen LogP contribution in [0.2, 0.25) is 0 Å². The first kappa shape index (κ1) is 27.2. The molecular formula is C23H37N3O6. The summed E-state index contributed by atoms with van der Waals surface area (Å²) in [6.45, 7) is 11.6. The SMILES string of the molecule is CC(C)(C)OCC(NC(=O)OC(C)(C)C)C(=O)NCCCNC(=O)OCc1ccccc1. The van der Waals surface area contributed by atoms with Crippen molar-refractivity contribution in [3.05, 3.63) is 35.9 Å². The van der Waals surface area contributed by atoms with Gasteiger partial charge in [-0.1, -0.05) is 30.3 Å². The van der Waals surface area contributed by atoms with Crippen LogP contribution in [0.1, 0.15) is 53.5 Å². The normalized spacial score (nSPS) is 12.4. The van der Waals surface area contributed by atoms with Crippen LogP contribution in [0.25, 0.3) is 0 Å². The van der Waals surface area contributed by atoms with Crippen molar-refractivity contribution in [1.29, 1.82) is 0 Å². The van der Waals surface area contributed by atoms with Crippen molar-refractivity contribution >= 4 is 18.1 Å². The van der Waals surface area contributed by atoms with Crippen LogP contribution >= 0.6 is 0 Å². The molecule has 32 heavy (non-hydrogen) atoms. The van der Waals surface area contributed by atoms with Crippen LogP contribution in [0, 0.1) is 0 Å². The summed E-state index contributed by atoms with van der Waals surface area (Å²) >= 11 is 0. The zero-order valence-corrected chi connectivity index (χ0v) is 19.9. The van der Waals surface area contributed by atoms with Gasteiger partial charge in [0.25, 0.3) is 0 Å². The highest BCUT2D eigenvalue weighted by Gasteiger charge is 2.26. The third-order valence-electron chi connectivity index (χ3n) is 3.83. The van der Waals surface area contributed by atoms with E-state index in [0.29, 0.717) is 19.5 Å². The minimum atomic E-state index is -0.909. The second kappa shape index (κ2) is 12.9. The number of carbonyl (C=O) groups excluding carboxylic acids is 3. The predicted molar refractivity (Wildman–Crippen MR) is 121 cm³/mol. The van der Waals surface area contributed by atoms with Crippen molar-refractivity contribution < 1.29 is 28.6 Å². The predicted octanol–water partition coefficient (Wildman–Crippen LogP) is 3.13. The lowest BCUT2D eigenvalue weighted by Gasteiger charge is -2.26. The van der Waals surface area contributed by atoms with Crippen LogP contribution in [0.5, 0.6) is 0 Å². The van der Waals surface area contributed by atoms with E-state index in [1.807, 2.05) is 51.1 Å². The zero-order valence-electron chi connectivity index (χ0n) is 19.9. The van der Waals surface area contributed by atoms with Gasteiger partial charge in [0.1, 0.15) is 18.2 Å². The number of alkyl carbamates (subject to hydrolysis) is 2. The van der Waals surface area contributed by atoms with Crippen molar-refractivity contribution in [2.75, 3.05) is 19.7 Å². The molecule has 0 heterocycles. The number of benzene rings is 1. The number of ether oxygens (including phenoxy) is 3. The van der Waals surface area contributed by atoms with Gasteiger partial charge in [0.2, 0.25) is 5.91 Å². The number of amides is 3. The molecule has 180 valence electrons. The van der Waals surface area contributed by atoms with Crippen LogP contribution in [-0.2, 0) is 25.6 Å². The topological polar surface area (TPSA) is 115 Å². The molecule has 0 fully saturated rings. The lowest BCUT2D eigenvalue weighted by molar-refractivity contribution is -0.126. The Labute approximate surface area is 190 Å². The van der Waals surface area contributed by atoms with Gasteiger partial charge in [0, 0.05) is 13.1 Å². The Hall–Kier alpha value is -2.81. The monoisotopic (exact) mass is 451 g/mol. The van der Waals surface area contributed by atoms with Gasteiger partial charge in [0.15, 0.2) is 0 Å². The van der Waals surface area contributed by atoms with E-state index in [2.05, 4.69) is 16.0 Å². The summed E-state index contributed by atoms with van der Waals surface area (Å²) in [7, 11) is 0. The number of rotatable bonds is 10. The molecule has 0 saturated carbocycles. The minimum absolute atomic E-state index is 0.00135. The van der Waals surface area contributed by atoms with Gasteiger partial charge in [0.05, 0.1) is 12.2 Å². The Bertz CT molecular complexity index is 725. The molecule has 1 aromatic carbocycles. The summed E-state index contributed by atoms with van der Waals surface area (Å²) < 4.78 is 16.0. The summed E-state index contributed by atoms with van der Waals surface area (Å²) in [6, 6.07) is 8.46. The lowest BCUT2D eigenvalue weighted by atomic mass is 10.2. The summed E-state index contributed by atoms with van der Waals surface area (Å²) in [5, 5.41) is 7.92. The fourth-order valence-electron chi connectivity index (χ4n) is 2.35. The summed E-state index contributed by atoms with van der Waals surface area (Å²) in [6.07, 6.45) is -0.730. The zero-order chi connectivity index (χ0) is 24.2. The number of hydrogen-bond acceptors (Lipinski definition) is 6. The smallest absolute Gasteiger partial charge is 0.408 e. The average molecular weight is 452 g/mol. The second-order valence-electron chi connectivity index (χ2n) is 9.26. The van der Waals surface area contributed by atoms with Crippen molar-refractivity contribution in [3.8, 4) is 0 Å². The Morgan fingerprint density at radius 2 is 1.50 bits per heavy atom. The first-order valence-corrected chi connectivity index (χ1v) is 10.7. The highest BCUT2D eigenvalue weighted by Crippen LogP contribution is 2.09. The van der Waals surface area contributed by atoms with Crippen molar-refractivity contribution in [3.63, 3.8) is 0 Å². The van der Waals surface area contributed by atoms with E-state index in [1.54, 1.807) is 20.8 Å². The van der Waals surface area contributed by atoms with E-state index in [1.165, 1.54) is 0 Å². The Morgan fingerprint density at radius 3 is 2.09 bits per heavy atom. The van der Waals surface area contributed by atoms with Gasteiger partial charge in [-0.3, -0.25) is 4.79 Å². The van der Waals surface area contributed by atoms with E-state index in [9.17, 15) is 14.4 Å². The maximum absolute atomic E-state index is 12.5. The summed E-state index contributed by atoms with van der Waals surface area (Å²) in [5.41, 5.74) is -0.259. The second-order valence-corrected chi connectivity index (χ2v) is 9.26. The Morgan fingerprint density at radius 1 is 0.875 bits per heavy atom. The number of hydrogen-bond donors (Lipinski definition) is 3. The highest BCUT2D eigenvalue weighted by atomic mass is 16.6. The van der Waals surface area contributed by atoms with E-state index in [0.717, 1.165) is 5.56 Å². The Kier molecular flexibility index (Phi) is 11.0. The molecule has 0 aromatic heterocycles. The fraction of sp³-hybridized carbons (Fsp3) is 0.609. The maximum atomic E-state index is 12.5. The average Bonchev–Trinajstić information content (AvgIpc) is 2.67.